The van der Waals surface area contributed by atoms with Crippen LogP contribution in [0.5, 0.6) is 0 Å². The molecule has 0 spiro atoms. The highest BCUT2D eigenvalue weighted by Crippen LogP contribution is 2.58. The SMILES string of the molecule is CNC(=O)C(C)(C)CN[C@H]1C[C@H]2C[C@@H]1[C@@H]1CCC[C@@H]21. The zero-order valence-corrected chi connectivity index (χ0v) is 12.5. The lowest BCUT2D eigenvalue weighted by molar-refractivity contribution is -0.128. The van der Waals surface area contributed by atoms with Crippen LogP contribution >= 0.6 is 0 Å². The van der Waals surface area contributed by atoms with Crippen molar-refractivity contribution in [3.63, 3.8) is 0 Å². The van der Waals surface area contributed by atoms with Crippen molar-refractivity contribution in [1.29, 1.82) is 0 Å². The van der Waals surface area contributed by atoms with Gasteiger partial charge in [0.15, 0.2) is 0 Å². The monoisotopic (exact) mass is 264 g/mol. The second-order valence-corrected chi connectivity index (χ2v) is 7.60. The molecule has 19 heavy (non-hydrogen) atoms. The molecule has 0 aliphatic heterocycles. The lowest BCUT2D eigenvalue weighted by Crippen LogP contribution is -2.47. The second kappa shape index (κ2) is 4.76. The first kappa shape index (κ1) is 13.4. The van der Waals surface area contributed by atoms with Crippen molar-refractivity contribution < 1.29 is 4.79 Å². The van der Waals surface area contributed by atoms with Crippen molar-refractivity contribution in [2.75, 3.05) is 13.6 Å². The minimum absolute atomic E-state index is 0.141. The van der Waals surface area contributed by atoms with E-state index < -0.39 is 0 Å². The molecule has 5 atom stereocenters. The maximum Gasteiger partial charge on any atom is 0.226 e. The summed E-state index contributed by atoms with van der Waals surface area (Å²) in [6.45, 7) is 4.87. The summed E-state index contributed by atoms with van der Waals surface area (Å²) in [6.07, 6.45) is 7.22. The fourth-order valence-corrected chi connectivity index (χ4v) is 5.11. The normalized spacial score (nSPS) is 40.5. The van der Waals surface area contributed by atoms with Crippen LogP contribution in [-0.2, 0) is 4.79 Å². The molecule has 108 valence electrons. The quantitative estimate of drug-likeness (QED) is 0.817. The highest BCUT2D eigenvalue weighted by Gasteiger charge is 2.53. The molecular formula is C16H28N2O. The van der Waals surface area contributed by atoms with Crippen molar-refractivity contribution in [3.8, 4) is 0 Å². The predicted octanol–water partition coefficient (Wildman–Crippen LogP) is 2.17. The Morgan fingerprint density at radius 2 is 1.89 bits per heavy atom. The topological polar surface area (TPSA) is 41.1 Å². The van der Waals surface area contributed by atoms with Gasteiger partial charge in [-0.15, -0.1) is 0 Å². The first-order valence-corrected chi connectivity index (χ1v) is 7.98. The van der Waals surface area contributed by atoms with Crippen molar-refractivity contribution >= 4 is 5.91 Å². The molecular weight excluding hydrogens is 236 g/mol. The molecule has 2 N–H and O–H groups in total. The Kier molecular flexibility index (Phi) is 3.36. The maximum atomic E-state index is 11.8. The molecule has 3 nitrogen and oxygen atoms in total. The Morgan fingerprint density at radius 1 is 1.16 bits per heavy atom. The van der Waals surface area contributed by atoms with Crippen LogP contribution in [0.1, 0.15) is 46.0 Å². The molecule has 0 aromatic carbocycles. The molecule has 0 aromatic heterocycles. The van der Waals surface area contributed by atoms with Gasteiger partial charge in [-0.1, -0.05) is 6.42 Å². The van der Waals surface area contributed by atoms with Crippen molar-refractivity contribution in [2.45, 2.75) is 52.0 Å². The summed E-state index contributed by atoms with van der Waals surface area (Å²) in [6, 6.07) is 0.674. The van der Waals surface area contributed by atoms with E-state index in [1.54, 1.807) is 7.05 Å². The largest absolute Gasteiger partial charge is 0.359 e. The lowest BCUT2D eigenvalue weighted by atomic mass is 9.78. The fourth-order valence-electron chi connectivity index (χ4n) is 5.11. The van der Waals surface area contributed by atoms with Gasteiger partial charge in [0, 0.05) is 19.6 Å². The van der Waals surface area contributed by atoms with E-state index in [9.17, 15) is 4.79 Å². The highest BCUT2D eigenvalue weighted by molar-refractivity contribution is 5.81. The van der Waals surface area contributed by atoms with Gasteiger partial charge >= 0.3 is 0 Å². The van der Waals surface area contributed by atoms with Gasteiger partial charge < -0.3 is 10.6 Å². The number of rotatable bonds is 4. The zero-order valence-electron chi connectivity index (χ0n) is 12.5. The molecule has 3 saturated carbocycles. The Morgan fingerprint density at radius 3 is 2.63 bits per heavy atom. The molecule has 2 bridgehead atoms. The molecule has 1 amide bonds. The lowest BCUT2D eigenvalue weighted by Gasteiger charge is -2.34. The van der Waals surface area contributed by atoms with Gasteiger partial charge in [0.25, 0.3) is 0 Å². The summed E-state index contributed by atoms with van der Waals surface area (Å²) in [5, 5.41) is 6.49. The average molecular weight is 264 g/mol. The molecule has 3 aliphatic rings. The molecule has 3 aliphatic carbocycles. The number of hydrogen-bond acceptors (Lipinski definition) is 2. The summed E-state index contributed by atoms with van der Waals surface area (Å²) in [4.78, 5) is 11.8. The van der Waals surface area contributed by atoms with Gasteiger partial charge in [-0.2, -0.15) is 0 Å². The fraction of sp³-hybridized carbons (Fsp3) is 0.938. The number of carbonyl (C=O) groups is 1. The zero-order chi connectivity index (χ0) is 13.6. The third-order valence-electron chi connectivity index (χ3n) is 6.08. The summed E-state index contributed by atoms with van der Waals surface area (Å²) in [7, 11) is 1.73. The number of amides is 1. The molecule has 0 heterocycles. The number of nitrogens with one attached hydrogen (secondary N) is 2. The number of fused-ring (bicyclic) bond motifs is 5. The minimum atomic E-state index is -0.300. The standard InChI is InChI=1S/C16H28N2O/c1-16(2,15(19)17-3)9-18-14-8-10-7-13(14)12-6-4-5-11(10)12/h10-14,18H,4-9H2,1-3H3,(H,17,19)/t10-,11+,12-,13-,14+/m1/s1. The molecule has 0 saturated heterocycles. The molecule has 0 aromatic rings. The van der Waals surface area contributed by atoms with Crippen molar-refractivity contribution in [2.24, 2.45) is 29.1 Å². The molecule has 3 fully saturated rings. The van der Waals surface area contributed by atoms with Gasteiger partial charge in [0.1, 0.15) is 0 Å². The van der Waals surface area contributed by atoms with E-state index in [1.807, 2.05) is 13.8 Å². The average Bonchev–Trinajstić information content (AvgIpc) is 3.06. The maximum absolute atomic E-state index is 11.8. The van der Waals surface area contributed by atoms with Crippen LogP contribution < -0.4 is 10.6 Å². The van der Waals surface area contributed by atoms with Gasteiger partial charge in [0.05, 0.1) is 5.41 Å². The van der Waals surface area contributed by atoms with E-state index in [-0.39, 0.29) is 11.3 Å². The van der Waals surface area contributed by atoms with Gasteiger partial charge in [-0.05, 0) is 63.2 Å². The third-order valence-corrected chi connectivity index (χ3v) is 6.08. The van der Waals surface area contributed by atoms with Crippen LogP contribution in [0.15, 0.2) is 0 Å². The van der Waals surface area contributed by atoms with E-state index in [4.69, 9.17) is 0 Å². The smallest absolute Gasteiger partial charge is 0.226 e. The number of hydrogen-bond donors (Lipinski definition) is 2. The van der Waals surface area contributed by atoms with E-state index in [0.717, 1.165) is 30.2 Å². The van der Waals surface area contributed by atoms with Crippen molar-refractivity contribution in [1.82, 2.24) is 10.6 Å². The molecule has 3 rings (SSSR count). The van der Waals surface area contributed by atoms with Crippen molar-refractivity contribution in [3.05, 3.63) is 0 Å². The predicted molar refractivity (Wildman–Crippen MR) is 76.7 cm³/mol. The Bertz CT molecular complexity index is 366. The number of carbonyl (C=O) groups excluding carboxylic acids is 1. The first-order valence-electron chi connectivity index (χ1n) is 7.98. The van der Waals surface area contributed by atoms with Crippen LogP contribution in [0.2, 0.25) is 0 Å². The molecule has 0 unspecified atom stereocenters. The molecule has 3 heteroatoms. The Hall–Kier alpha value is -0.570. The summed E-state index contributed by atoms with van der Waals surface area (Å²) >= 11 is 0. The second-order valence-electron chi connectivity index (χ2n) is 7.60. The molecule has 0 radical (unpaired) electrons. The van der Waals surface area contributed by atoms with Gasteiger partial charge in [0.2, 0.25) is 5.91 Å². The van der Waals surface area contributed by atoms with Crippen LogP contribution in [0, 0.1) is 29.1 Å². The van der Waals surface area contributed by atoms with Crippen LogP contribution in [0.3, 0.4) is 0 Å². The van der Waals surface area contributed by atoms with Gasteiger partial charge in [-0.25, -0.2) is 0 Å². The van der Waals surface area contributed by atoms with Crippen LogP contribution in [0.25, 0.3) is 0 Å². The summed E-state index contributed by atoms with van der Waals surface area (Å²) < 4.78 is 0. The van der Waals surface area contributed by atoms with E-state index >= 15 is 0 Å². The Balaban J connectivity index is 1.56. The minimum Gasteiger partial charge on any atom is -0.359 e. The summed E-state index contributed by atoms with van der Waals surface area (Å²) in [5.74, 6) is 4.08. The van der Waals surface area contributed by atoms with Crippen LogP contribution in [-0.4, -0.2) is 25.5 Å². The van der Waals surface area contributed by atoms with E-state index in [1.165, 1.54) is 32.1 Å². The highest BCUT2D eigenvalue weighted by atomic mass is 16.2. The van der Waals surface area contributed by atoms with E-state index in [0.29, 0.717) is 6.04 Å². The Labute approximate surface area is 116 Å². The third kappa shape index (κ3) is 2.20. The van der Waals surface area contributed by atoms with Gasteiger partial charge in [-0.3, -0.25) is 4.79 Å². The summed E-state index contributed by atoms with van der Waals surface area (Å²) in [5.41, 5.74) is -0.300. The van der Waals surface area contributed by atoms with E-state index in [2.05, 4.69) is 10.6 Å². The van der Waals surface area contributed by atoms with Crippen LogP contribution in [0.4, 0.5) is 0 Å². The first-order chi connectivity index (χ1) is 9.03.